The molecular formula is C26H34FN3O2. The molecule has 0 N–H and O–H groups in total. The largest absolute Gasteiger partial charge is 0.336 e. The Morgan fingerprint density at radius 3 is 2.16 bits per heavy atom. The standard InChI is InChI=1S/C26H34FN3O2/c1-18(2)29(19(3)4)26(32)21-7-9-22(10-8-21)30(23-12-14-28(5)15-13-23)25-16-20(17-31)6-11-24(25)27/h6-11,16-19,23H,12-15H2,1-5H3. The third kappa shape index (κ3) is 5.18. The maximum atomic E-state index is 14.9. The van der Waals surface area contributed by atoms with Crippen LogP contribution >= 0.6 is 0 Å². The van der Waals surface area contributed by atoms with E-state index in [0.29, 0.717) is 16.8 Å². The number of carbonyl (C=O) groups is 2. The van der Waals surface area contributed by atoms with Crippen molar-refractivity contribution in [2.24, 2.45) is 0 Å². The van der Waals surface area contributed by atoms with Gasteiger partial charge in [-0.1, -0.05) is 0 Å². The number of halogens is 1. The van der Waals surface area contributed by atoms with Crippen LogP contribution < -0.4 is 4.90 Å². The molecule has 3 rings (SSSR count). The number of carbonyl (C=O) groups excluding carboxylic acids is 2. The maximum Gasteiger partial charge on any atom is 0.254 e. The van der Waals surface area contributed by atoms with E-state index in [1.54, 1.807) is 6.07 Å². The fourth-order valence-electron chi connectivity index (χ4n) is 4.57. The Labute approximate surface area is 190 Å². The summed E-state index contributed by atoms with van der Waals surface area (Å²) in [6.45, 7) is 9.89. The smallest absolute Gasteiger partial charge is 0.254 e. The first-order valence-corrected chi connectivity index (χ1v) is 11.4. The van der Waals surface area contributed by atoms with E-state index in [4.69, 9.17) is 0 Å². The average Bonchev–Trinajstić information content (AvgIpc) is 2.76. The van der Waals surface area contributed by atoms with Gasteiger partial charge >= 0.3 is 0 Å². The zero-order valence-corrected chi connectivity index (χ0v) is 19.7. The number of aldehydes is 1. The number of likely N-dealkylation sites (tertiary alicyclic amines) is 1. The molecule has 0 aliphatic carbocycles. The fourth-order valence-corrected chi connectivity index (χ4v) is 4.57. The van der Waals surface area contributed by atoms with Gasteiger partial charge in [-0.3, -0.25) is 9.59 Å². The highest BCUT2D eigenvalue weighted by Gasteiger charge is 2.28. The quantitative estimate of drug-likeness (QED) is 0.561. The highest BCUT2D eigenvalue weighted by molar-refractivity contribution is 5.95. The van der Waals surface area contributed by atoms with E-state index in [2.05, 4.69) is 11.9 Å². The number of piperidine rings is 1. The van der Waals surface area contributed by atoms with Crippen LogP contribution in [0.4, 0.5) is 15.8 Å². The van der Waals surface area contributed by atoms with Gasteiger partial charge in [0.1, 0.15) is 12.1 Å². The van der Waals surface area contributed by atoms with Gasteiger partial charge in [0.05, 0.1) is 5.69 Å². The molecule has 0 saturated carbocycles. The minimum Gasteiger partial charge on any atom is -0.336 e. The lowest BCUT2D eigenvalue weighted by molar-refractivity contribution is 0.0643. The number of anilines is 2. The molecule has 32 heavy (non-hydrogen) atoms. The van der Waals surface area contributed by atoms with Crippen LogP contribution in [0.5, 0.6) is 0 Å². The molecule has 1 heterocycles. The van der Waals surface area contributed by atoms with Gasteiger partial charge in [-0.2, -0.15) is 0 Å². The van der Waals surface area contributed by atoms with Gasteiger partial charge in [0.25, 0.3) is 5.91 Å². The lowest BCUT2D eigenvalue weighted by atomic mass is 10.0. The predicted octanol–water partition coefficient (Wildman–Crippen LogP) is 5.13. The third-order valence-electron chi connectivity index (χ3n) is 6.16. The Balaban J connectivity index is 1.99. The zero-order valence-electron chi connectivity index (χ0n) is 19.7. The van der Waals surface area contributed by atoms with E-state index in [1.165, 1.54) is 12.1 Å². The van der Waals surface area contributed by atoms with Gasteiger partial charge in [-0.15, -0.1) is 0 Å². The first-order chi connectivity index (χ1) is 15.2. The van der Waals surface area contributed by atoms with E-state index >= 15 is 0 Å². The van der Waals surface area contributed by atoms with E-state index in [0.717, 1.165) is 37.9 Å². The summed E-state index contributed by atoms with van der Waals surface area (Å²) < 4.78 is 14.9. The van der Waals surface area contributed by atoms with Crippen molar-refractivity contribution in [3.8, 4) is 0 Å². The van der Waals surface area contributed by atoms with Gasteiger partial charge in [-0.05, 0) is 103 Å². The molecule has 0 unspecified atom stereocenters. The molecule has 0 spiro atoms. The van der Waals surface area contributed by atoms with Crippen molar-refractivity contribution in [1.29, 1.82) is 0 Å². The summed E-state index contributed by atoms with van der Waals surface area (Å²) in [5.41, 5.74) is 2.27. The van der Waals surface area contributed by atoms with Crippen LogP contribution in [0.1, 0.15) is 61.3 Å². The Bertz CT molecular complexity index is 927. The van der Waals surface area contributed by atoms with Crippen molar-refractivity contribution in [1.82, 2.24) is 9.80 Å². The second-order valence-electron chi connectivity index (χ2n) is 9.18. The zero-order chi connectivity index (χ0) is 23.4. The summed E-state index contributed by atoms with van der Waals surface area (Å²) in [5, 5.41) is 0. The van der Waals surface area contributed by atoms with Crippen LogP contribution in [-0.4, -0.2) is 60.3 Å². The normalized spacial score (nSPS) is 15.2. The van der Waals surface area contributed by atoms with Crippen molar-refractivity contribution in [2.75, 3.05) is 25.0 Å². The topological polar surface area (TPSA) is 43.9 Å². The van der Waals surface area contributed by atoms with Crippen LogP contribution in [-0.2, 0) is 0 Å². The molecule has 1 fully saturated rings. The number of hydrogen-bond donors (Lipinski definition) is 0. The highest BCUT2D eigenvalue weighted by atomic mass is 19.1. The molecule has 2 aromatic rings. The van der Waals surface area contributed by atoms with Crippen molar-refractivity contribution in [3.05, 3.63) is 59.4 Å². The first-order valence-electron chi connectivity index (χ1n) is 11.4. The van der Waals surface area contributed by atoms with Crippen LogP contribution in [0.25, 0.3) is 0 Å². The lowest BCUT2D eigenvalue weighted by Gasteiger charge is -2.39. The Morgan fingerprint density at radius 1 is 1.03 bits per heavy atom. The van der Waals surface area contributed by atoms with Crippen molar-refractivity contribution in [3.63, 3.8) is 0 Å². The van der Waals surface area contributed by atoms with Crippen molar-refractivity contribution in [2.45, 2.75) is 58.7 Å². The highest BCUT2D eigenvalue weighted by Crippen LogP contribution is 2.34. The summed E-state index contributed by atoms with van der Waals surface area (Å²) in [5.74, 6) is -0.373. The molecule has 5 nitrogen and oxygen atoms in total. The number of benzene rings is 2. The molecule has 1 saturated heterocycles. The monoisotopic (exact) mass is 439 g/mol. The molecule has 0 atom stereocenters. The van der Waals surface area contributed by atoms with E-state index in [1.807, 2.05) is 61.8 Å². The minimum atomic E-state index is -0.361. The van der Waals surface area contributed by atoms with Gasteiger partial charge in [0.15, 0.2) is 0 Å². The summed E-state index contributed by atoms with van der Waals surface area (Å²) >= 11 is 0. The van der Waals surface area contributed by atoms with Crippen LogP contribution in [0.3, 0.4) is 0 Å². The number of nitrogens with zero attached hydrogens (tertiary/aromatic N) is 3. The molecule has 0 aromatic heterocycles. The molecule has 0 radical (unpaired) electrons. The Morgan fingerprint density at radius 2 is 1.62 bits per heavy atom. The molecular weight excluding hydrogens is 405 g/mol. The lowest BCUT2D eigenvalue weighted by Crippen LogP contribution is -2.42. The van der Waals surface area contributed by atoms with Gasteiger partial charge in [0.2, 0.25) is 0 Å². The molecule has 6 heteroatoms. The van der Waals surface area contributed by atoms with Gasteiger partial charge in [0, 0.05) is 34.9 Å². The predicted molar refractivity (Wildman–Crippen MR) is 127 cm³/mol. The van der Waals surface area contributed by atoms with Crippen molar-refractivity contribution < 1.29 is 14.0 Å². The average molecular weight is 440 g/mol. The van der Waals surface area contributed by atoms with Crippen LogP contribution in [0, 0.1) is 5.82 Å². The maximum absolute atomic E-state index is 14.9. The molecule has 2 aromatic carbocycles. The molecule has 1 aliphatic heterocycles. The Hall–Kier alpha value is -2.73. The fraction of sp³-hybridized carbons (Fsp3) is 0.462. The number of amides is 1. The second-order valence-corrected chi connectivity index (χ2v) is 9.18. The second kappa shape index (κ2) is 10.3. The minimum absolute atomic E-state index is 0.0125. The van der Waals surface area contributed by atoms with Crippen LogP contribution in [0.2, 0.25) is 0 Å². The first kappa shape index (κ1) is 23.9. The Kier molecular flexibility index (Phi) is 7.67. The summed E-state index contributed by atoms with van der Waals surface area (Å²) in [6, 6.07) is 12.2. The summed E-state index contributed by atoms with van der Waals surface area (Å²) in [7, 11) is 2.09. The number of rotatable bonds is 7. The number of hydrogen-bond acceptors (Lipinski definition) is 4. The van der Waals surface area contributed by atoms with Gasteiger partial charge in [-0.25, -0.2) is 4.39 Å². The van der Waals surface area contributed by atoms with Gasteiger partial charge < -0.3 is 14.7 Å². The molecule has 0 bridgehead atoms. The van der Waals surface area contributed by atoms with E-state index in [9.17, 15) is 14.0 Å². The third-order valence-corrected chi connectivity index (χ3v) is 6.16. The summed E-state index contributed by atoms with van der Waals surface area (Å²) in [6.07, 6.45) is 2.51. The summed E-state index contributed by atoms with van der Waals surface area (Å²) in [4.78, 5) is 30.5. The van der Waals surface area contributed by atoms with E-state index < -0.39 is 0 Å². The van der Waals surface area contributed by atoms with E-state index in [-0.39, 0.29) is 29.8 Å². The SMILES string of the molecule is CC(C)N(C(=O)c1ccc(N(c2cc(C=O)ccc2F)C2CCN(C)CC2)cc1)C(C)C. The van der Waals surface area contributed by atoms with Crippen molar-refractivity contribution >= 4 is 23.6 Å². The van der Waals surface area contributed by atoms with Crippen LogP contribution in [0.15, 0.2) is 42.5 Å². The molecule has 1 aliphatic rings. The molecule has 172 valence electrons. The molecule has 1 amide bonds.